The molecular weight excluding hydrogens is 214 g/mol. The standard InChI is InChI=1S/C13H19N3O/c1-8-4-10(3)16(7-8)13(17)11-5-9(2)15-12(14)6-11/h5-6,8,10H,4,7H2,1-3H3,(H2,14,15). The number of likely N-dealkylation sites (tertiary alicyclic amines) is 1. The van der Waals surface area contributed by atoms with Crippen LogP contribution in [0.3, 0.4) is 0 Å². The Bertz CT molecular complexity index is 424. The Morgan fingerprint density at radius 2 is 2.18 bits per heavy atom. The second-order valence-electron chi connectivity index (χ2n) is 5.07. The van der Waals surface area contributed by atoms with Crippen LogP contribution in [0.15, 0.2) is 12.1 Å². The monoisotopic (exact) mass is 233 g/mol. The first kappa shape index (κ1) is 11.9. The zero-order chi connectivity index (χ0) is 12.6. The fraction of sp³-hybridized carbons (Fsp3) is 0.538. The average molecular weight is 233 g/mol. The number of hydrogen-bond donors (Lipinski definition) is 1. The summed E-state index contributed by atoms with van der Waals surface area (Å²) in [4.78, 5) is 18.4. The largest absolute Gasteiger partial charge is 0.384 e. The van der Waals surface area contributed by atoms with E-state index in [4.69, 9.17) is 5.73 Å². The van der Waals surface area contributed by atoms with Crippen LogP contribution in [-0.2, 0) is 0 Å². The van der Waals surface area contributed by atoms with Gasteiger partial charge < -0.3 is 10.6 Å². The fourth-order valence-corrected chi connectivity index (χ4v) is 2.57. The molecule has 1 fully saturated rings. The van der Waals surface area contributed by atoms with Crippen molar-refractivity contribution >= 4 is 11.7 Å². The van der Waals surface area contributed by atoms with Crippen LogP contribution < -0.4 is 5.73 Å². The van der Waals surface area contributed by atoms with Gasteiger partial charge in [-0.1, -0.05) is 6.92 Å². The minimum Gasteiger partial charge on any atom is -0.384 e. The fourth-order valence-electron chi connectivity index (χ4n) is 2.57. The molecule has 2 N–H and O–H groups in total. The number of nitrogen functional groups attached to an aromatic ring is 1. The summed E-state index contributed by atoms with van der Waals surface area (Å²) in [6.45, 7) is 6.96. The number of anilines is 1. The molecule has 0 radical (unpaired) electrons. The van der Waals surface area contributed by atoms with E-state index < -0.39 is 0 Å². The molecule has 0 bridgehead atoms. The van der Waals surface area contributed by atoms with Gasteiger partial charge in [0, 0.05) is 23.8 Å². The lowest BCUT2D eigenvalue weighted by atomic mass is 10.1. The highest BCUT2D eigenvalue weighted by molar-refractivity contribution is 5.95. The van der Waals surface area contributed by atoms with E-state index in [1.807, 2.05) is 11.8 Å². The zero-order valence-electron chi connectivity index (χ0n) is 10.6. The Morgan fingerprint density at radius 3 is 2.71 bits per heavy atom. The quantitative estimate of drug-likeness (QED) is 0.805. The molecule has 1 saturated heterocycles. The van der Waals surface area contributed by atoms with Gasteiger partial charge in [0.1, 0.15) is 5.82 Å². The minimum atomic E-state index is 0.0686. The molecule has 2 unspecified atom stereocenters. The molecule has 2 rings (SSSR count). The van der Waals surface area contributed by atoms with Crippen molar-refractivity contribution in [1.82, 2.24) is 9.88 Å². The van der Waals surface area contributed by atoms with Gasteiger partial charge in [0.15, 0.2) is 0 Å². The number of amides is 1. The second-order valence-corrected chi connectivity index (χ2v) is 5.07. The van der Waals surface area contributed by atoms with Crippen molar-refractivity contribution in [2.24, 2.45) is 5.92 Å². The Kier molecular flexibility index (Phi) is 3.05. The van der Waals surface area contributed by atoms with Gasteiger partial charge in [-0.25, -0.2) is 4.98 Å². The summed E-state index contributed by atoms with van der Waals surface area (Å²) >= 11 is 0. The first-order chi connectivity index (χ1) is 7.97. The van der Waals surface area contributed by atoms with Crippen molar-refractivity contribution in [3.8, 4) is 0 Å². The lowest BCUT2D eigenvalue weighted by Gasteiger charge is -2.21. The van der Waals surface area contributed by atoms with Gasteiger partial charge in [0.25, 0.3) is 5.91 Å². The smallest absolute Gasteiger partial charge is 0.254 e. The van der Waals surface area contributed by atoms with Crippen molar-refractivity contribution in [2.75, 3.05) is 12.3 Å². The molecule has 4 nitrogen and oxygen atoms in total. The molecule has 1 aliphatic rings. The van der Waals surface area contributed by atoms with Gasteiger partial charge in [-0.05, 0) is 38.3 Å². The maximum atomic E-state index is 12.3. The van der Waals surface area contributed by atoms with Crippen LogP contribution in [-0.4, -0.2) is 28.4 Å². The molecule has 0 spiro atoms. The SMILES string of the molecule is Cc1cc(C(=O)N2CC(C)CC2C)cc(N)n1. The molecule has 1 aromatic heterocycles. The minimum absolute atomic E-state index is 0.0686. The molecular formula is C13H19N3O. The summed E-state index contributed by atoms with van der Waals surface area (Å²) < 4.78 is 0. The lowest BCUT2D eigenvalue weighted by Crippen LogP contribution is -2.34. The van der Waals surface area contributed by atoms with Crippen LogP contribution >= 0.6 is 0 Å². The first-order valence-corrected chi connectivity index (χ1v) is 6.02. The molecule has 2 heterocycles. The second kappa shape index (κ2) is 4.35. The number of aromatic nitrogens is 1. The average Bonchev–Trinajstić information content (AvgIpc) is 2.55. The molecule has 0 aliphatic carbocycles. The maximum Gasteiger partial charge on any atom is 0.254 e. The Balaban J connectivity index is 2.25. The number of aryl methyl sites for hydroxylation is 1. The summed E-state index contributed by atoms with van der Waals surface area (Å²) in [7, 11) is 0. The third kappa shape index (κ3) is 2.40. The summed E-state index contributed by atoms with van der Waals surface area (Å²) in [5.41, 5.74) is 7.11. The van der Waals surface area contributed by atoms with Crippen LogP contribution in [0.2, 0.25) is 0 Å². The van der Waals surface area contributed by atoms with Crippen LogP contribution in [0.25, 0.3) is 0 Å². The van der Waals surface area contributed by atoms with E-state index in [-0.39, 0.29) is 5.91 Å². The van der Waals surface area contributed by atoms with Crippen LogP contribution in [0.4, 0.5) is 5.82 Å². The molecule has 1 amide bonds. The van der Waals surface area contributed by atoms with Crippen LogP contribution in [0.1, 0.15) is 36.3 Å². The number of carbonyl (C=O) groups is 1. The third-order valence-corrected chi connectivity index (χ3v) is 3.26. The number of rotatable bonds is 1. The number of pyridine rings is 1. The van der Waals surface area contributed by atoms with Gasteiger partial charge in [-0.15, -0.1) is 0 Å². The van der Waals surface area contributed by atoms with Crippen molar-refractivity contribution < 1.29 is 4.79 Å². The summed E-state index contributed by atoms with van der Waals surface area (Å²) in [5.74, 6) is 1.06. The number of carbonyl (C=O) groups excluding carboxylic acids is 1. The molecule has 4 heteroatoms. The van der Waals surface area contributed by atoms with Gasteiger partial charge in [-0.3, -0.25) is 4.79 Å². The Labute approximate surface area is 102 Å². The van der Waals surface area contributed by atoms with E-state index in [9.17, 15) is 4.79 Å². The normalized spacial score (nSPS) is 24.1. The molecule has 92 valence electrons. The molecule has 17 heavy (non-hydrogen) atoms. The summed E-state index contributed by atoms with van der Waals surface area (Å²) in [6.07, 6.45) is 1.07. The van der Waals surface area contributed by atoms with E-state index >= 15 is 0 Å². The highest BCUT2D eigenvalue weighted by Gasteiger charge is 2.30. The van der Waals surface area contributed by atoms with Crippen LogP contribution in [0, 0.1) is 12.8 Å². The highest BCUT2D eigenvalue weighted by Crippen LogP contribution is 2.24. The van der Waals surface area contributed by atoms with Gasteiger partial charge in [-0.2, -0.15) is 0 Å². The Hall–Kier alpha value is -1.58. The van der Waals surface area contributed by atoms with E-state index in [0.717, 1.165) is 18.7 Å². The maximum absolute atomic E-state index is 12.3. The predicted molar refractivity (Wildman–Crippen MR) is 67.7 cm³/mol. The molecule has 2 atom stereocenters. The van der Waals surface area contributed by atoms with Crippen LogP contribution in [0.5, 0.6) is 0 Å². The first-order valence-electron chi connectivity index (χ1n) is 6.02. The van der Waals surface area contributed by atoms with Gasteiger partial charge >= 0.3 is 0 Å². The number of hydrogen-bond acceptors (Lipinski definition) is 3. The lowest BCUT2D eigenvalue weighted by molar-refractivity contribution is 0.0743. The van der Waals surface area contributed by atoms with Crippen molar-refractivity contribution in [2.45, 2.75) is 33.2 Å². The summed E-state index contributed by atoms with van der Waals surface area (Å²) in [6, 6.07) is 3.77. The summed E-state index contributed by atoms with van der Waals surface area (Å²) in [5, 5.41) is 0. The zero-order valence-corrected chi connectivity index (χ0v) is 10.6. The number of nitrogens with two attached hydrogens (primary N) is 1. The predicted octanol–water partition coefficient (Wildman–Crippen LogP) is 1.84. The van der Waals surface area contributed by atoms with E-state index in [2.05, 4.69) is 18.8 Å². The van der Waals surface area contributed by atoms with E-state index in [0.29, 0.717) is 23.3 Å². The number of nitrogens with zero attached hydrogens (tertiary/aromatic N) is 2. The van der Waals surface area contributed by atoms with Crippen molar-refractivity contribution in [1.29, 1.82) is 0 Å². The van der Waals surface area contributed by atoms with Crippen molar-refractivity contribution in [3.05, 3.63) is 23.4 Å². The van der Waals surface area contributed by atoms with E-state index in [1.54, 1.807) is 12.1 Å². The Morgan fingerprint density at radius 1 is 1.47 bits per heavy atom. The highest BCUT2D eigenvalue weighted by atomic mass is 16.2. The topological polar surface area (TPSA) is 59.2 Å². The molecule has 0 saturated carbocycles. The third-order valence-electron chi connectivity index (χ3n) is 3.26. The van der Waals surface area contributed by atoms with Crippen molar-refractivity contribution in [3.63, 3.8) is 0 Å². The van der Waals surface area contributed by atoms with Gasteiger partial charge in [0.2, 0.25) is 0 Å². The molecule has 1 aliphatic heterocycles. The van der Waals surface area contributed by atoms with E-state index in [1.165, 1.54) is 0 Å². The molecule has 0 aromatic carbocycles. The van der Waals surface area contributed by atoms with Gasteiger partial charge in [0.05, 0.1) is 0 Å². The molecule has 1 aromatic rings.